The molecule has 1 amide bonds. The largest absolute Gasteiger partial charge is 0.357 e. The second-order valence-corrected chi connectivity index (χ2v) is 9.96. The fourth-order valence-electron chi connectivity index (χ4n) is 4.05. The third-order valence-corrected chi connectivity index (χ3v) is 6.23. The van der Waals surface area contributed by atoms with Crippen molar-refractivity contribution >= 4 is 47.6 Å². The smallest absolute Gasteiger partial charge is 0.242 e. The first-order valence-electron chi connectivity index (χ1n) is 10.5. The number of nitrogens with one attached hydrogen (secondary N) is 3. The van der Waals surface area contributed by atoms with Crippen LogP contribution in [0.1, 0.15) is 59.8 Å². The van der Waals surface area contributed by atoms with Gasteiger partial charge in [0.05, 0.1) is 0 Å². The van der Waals surface area contributed by atoms with Gasteiger partial charge in [0.15, 0.2) is 5.96 Å². The topological polar surface area (TPSA) is 68.8 Å². The third kappa shape index (κ3) is 8.65. The molecule has 8 heteroatoms. The van der Waals surface area contributed by atoms with Crippen LogP contribution in [0.5, 0.6) is 0 Å². The van der Waals surface area contributed by atoms with Crippen molar-refractivity contribution in [2.24, 2.45) is 4.99 Å². The summed E-state index contributed by atoms with van der Waals surface area (Å²) in [4.78, 5) is 19.3. The SMILES string of the molecule is CCNC(=NCC(=O)NC(C)(C)C)NCC1(N2CCSCC2)CCCCC1.I. The first-order valence-corrected chi connectivity index (χ1v) is 11.7. The van der Waals surface area contributed by atoms with E-state index in [1.54, 1.807) is 0 Å². The van der Waals surface area contributed by atoms with Crippen LogP contribution in [0.25, 0.3) is 0 Å². The van der Waals surface area contributed by atoms with Gasteiger partial charge in [-0.2, -0.15) is 11.8 Å². The van der Waals surface area contributed by atoms with E-state index in [9.17, 15) is 4.79 Å². The highest BCUT2D eigenvalue weighted by atomic mass is 127. The van der Waals surface area contributed by atoms with Gasteiger partial charge in [0, 0.05) is 48.8 Å². The summed E-state index contributed by atoms with van der Waals surface area (Å²) in [5.74, 6) is 3.18. The molecule has 0 bridgehead atoms. The molecule has 2 aliphatic rings. The molecule has 1 saturated heterocycles. The Balaban J connectivity index is 0.00000392. The van der Waals surface area contributed by atoms with Crippen LogP contribution in [0.3, 0.4) is 0 Å². The summed E-state index contributed by atoms with van der Waals surface area (Å²) in [6, 6.07) is 0. The molecule has 1 saturated carbocycles. The van der Waals surface area contributed by atoms with Crippen molar-refractivity contribution in [1.29, 1.82) is 0 Å². The molecule has 3 N–H and O–H groups in total. The Labute approximate surface area is 192 Å². The summed E-state index contributed by atoms with van der Waals surface area (Å²) >= 11 is 2.07. The molecule has 0 spiro atoms. The maximum absolute atomic E-state index is 12.1. The van der Waals surface area contributed by atoms with Gasteiger partial charge < -0.3 is 16.0 Å². The molecule has 0 unspecified atom stereocenters. The summed E-state index contributed by atoms with van der Waals surface area (Å²) in [5, 5.41) is 9.82. The van der Waals surface area contributed by atoms with Crippen molar-refractivity contribution in [3.05, 3.63) is 0 Å². The third-order valence-electron chi connectivity index (χ3n) is 5.29. The summed E-state index contributed by atoms with van der Waals surface area (Å²) in [6.07, 6.45) is 6.49. The van der Waals surface area contributed by atoms with Crippen LogP contribution >= 0.6 is 35.7 Å². The molecule has 0 atom stereocenters. The van der Waals surface area contributed by atoms with E-state index >= 15 is 0 Å². The second kappa shape index (κ2) is 12.5. The Morgan fingerprint density at radius 2 is 1.75 bits per heavy atom. The van der Waals surface area contributed by atoms with Crippen molar-refractivity contribution < 1.29 is 4.79 Å². The summed E-state index contributed by atoms with van der Waals surface area (Å²) in [5.41, 5.74) is 0.0138. The van der Waals surface area contributed by atoms with Gasteiger partial charge in [-0.15, -0.1) is 24.0 Å². The zero-order valence-corrected chi connectivity index (χ0v) is 21.3. The Bertz CT molecular complexity index is 497. The number of aliphatic imine (C=N–C) groups is 1. The number of carbonyl (C=O) groups is 1. The highest BCUT2D eigenvalue weighted by molar-refractivity contribution is 14.0. The van der Waals surface area contributed by atoms with Crippen molar-refractivity contribution in [3.63, 3.8) is 0 Å². The Morgan fingerprint density at radius 3 is 2.32 bits per heavy atom. The van der Waals surface area contributed by atoms with E-state index in [0.29, 0.717) is 0 Å². The van der Waals surface area contributed by atoms with Gasteiger partial charge in [-0.1, -0.05) is 19.3 Å². The number of carbonyl (C=O) groups excluding carboxylic acids is 1. The number of rotatable bonds is 6. The molecule has 164 valence electrons. The number of halogens is 1. The van der Waals surface area contributed by atoms with Gasteiger partial charge in [-0.05, 0) is 40.5 Å². The van der Waals surface area contributed by atoms with E-state index in [1.807, 2.05) is 20.8 Å². The van der Waals surface area contributed by atoms with Crippen LogP contribution < -0.4 is 16.0 Å². The normalized spacial score (nSPS) is 20.8. The quantitative estimate of drug-likeness (QED) is 0.283. The summed E-state index contributed by atoms with van der Waals surface area (Å²) < 4.78 is 0. The number of hydrogen-bond donors (Lipinski definition) is 3. The van der Waals surface area contributed by atoms with E-state index in [0.717, 1.165) is 19.0 Å². The lowest BCUT2D eigenvalue weighted by molar-refractivity contribution is -0.121. The second-order valence-electron chi connectivity index (χ2n) is 8.73. The minimum Gasteiger partial charge on any atom is -0.357 e. The van der Waals surface area contributed by atoms with E-state index in [-0.39, 0.29) is 47.5 Å². The van der Waals surface area contributed by atoms with Crippen molar-refractivity contribution in [2.45, 2.75) is 70.9 Å². The molecule has 0 aromatic carbocycles. The summed E-state index contributed by atoms with van der Waals surface area (Å²) in [6.45, 7) is 12.3. The van der Waals surface area contributed by atoms with Crippen LogP contribution in [0.4, 0.5) is 0 Å². The number of hydrogen-bond acceptors (Lipinski definition) is 4. The highest BCUT2D eigenvalue weighted by Gasteiger charge is 2.38. The monoisotopic (exact) mass is 525 g/mol. The molecular weight excluding hydrogens is 485 g/mol. The highest BCUT2D eigenvalue weighted by Crippen LogP contribution is 2.34. The Morgan fingerprint density at radius 1 is 1.11 bits per heavy atom. The molecule has 1 aliphatic carbocycles. The van der Waals surface area contributed by atoms with E-state index in [1.165, 1.54) is 56.7 Å². The van der Waals surface area contributed by atoms with Crippen molar-refractivity contribution in [1.82, 2.24) is 20.9 Å². The van der Waals surface area contributed by atoms with Crippen LogP contribution in [0.15, 0.2) is 4.99 Å². The molecule has 28 heavy (non-hydrogen) atoms. The van der Waals surface area contributed by atoms with E-state index < -0.39 is 0 Å². The molecular formula is C20H40IN5OS. The molecule has 0 aromatic heterocycles. The number of nitrogens with zero attached hydrogens (tertiary/aromatic N) is 2. The minimum atomic E-state index is -0.225. The average Bonchev–Trinajstić information content (AvgIpc) is 2.64. The Kier molecular flexibility index (Phi) is 11.5. The fourth-order valence-corrected chi connectivity index (χ4v) is 4.95. The number of amides is 1. The first-order chi connectivity index (χ1) is 12.8. The van der Waals surface area contributed by atoms with Crippen LogP contribution in [0.2, 0.25) is 0 Å². The molecule has 2 fully saturated rings. The standard InChI is InChI=1S/C20H39N5OS.HI/c1-5-21-18(22-15-17(26)24-19(2,3)4)23-16-20(9-7-6-8-10-20)25-11-13-27-14-12-25;/h5-16H2,1-4H3,(H,24,26)(H2,21,22,23);1H. The van der Waals surface area contributed by atoms with Crippen molar-refractivity contribution in [3.8, 4) is 0 Å². The molecule has 0 aromatic rings. The van der Waals surface area contributed by atoms with Gasteiger partial charge >= 0.3 is 0 Å². The molecule has 6 nitrogen and oxygen atoms in total. The predicted octanol–water partition coefficient (Wildman–Crippen LogP) is 2.83. The fraction of sp³-hybridized carbons (Fsp3) is 0.900. The van der Waals surface area contributed by atoms with E-state index in [4.69, 9.17) is 0 Å². The minimum absolute atomic E-state index is 0. The maximum atomic E-state index is 12.1. The van der Waals surface area contributed by atoms with Crippen molar-refractivity contribution in [2.75, 3.05) is 44.2 Å². The predicted molar refractivity (Wildman–Crippen MR) is 132 cm³/mol. The van der Waals surface area contributed by atoms with Crippen LogP contribution in [-0.2, 0) is 4.79 Å². The van der Waals surface area contributed by atoms with Gasteiger partial charge in [-0.25, -0.2) is 4.99 Å². The zero-order chi connectivity index (χ0) is 19.8. The van der Waals surface area contributed by atoms with Crippen LogP contribution in [-0.4, -0.2) is 72.1 Å². The lowest BCUT2D eigenvalue weighted by Crippen LogP contribution is -2.59. The van der Waals surface area contributed by atoms with Gasteiger partial charge in [0.1, 0.15) is 6.54 Å². The maximum Gasteiger partial charge on any atom is 0.242 e. The molecule has 1 aliphatic heterocycles. The van der Waals surface area contributed by atoms with Crippen LogP contribution in [0, 0.1) is 0 Å². The molecule has 0 radical (unpaired) electrons. The van der Waals surface area contributed by atoms with Gasteiger partial charge in [-0.3, -0.25) is 9.69 Å². The average molecular weight is 526 g/mol. The number of guanidine groups is 1. The molecule has 2 rings (SSSR count). The van der Waals surface area contributed by atoms with Gasteiger partial charge in [0.2, 0.25) is 5.91 Å². The summed E-state index contributed by atoms with van der Waals surface area (Å²) in [7, 11) is 0. The van der Waals surface area contributed by atoms with E-state index in [2.05, 4.69) is 44.5 Å². The Hall–Kier alpha value is -0.220. The lowest BCUT2D eigenvalue weighted by Gasteiger charge is -2.48. The zero-order valence-electron chi connectivity index (χ0n) is 18.1. The molecule has 1 heterocycles. The van der Waals surface area contributed by atoms with Gasteiger partial charge in [0.25, 0.3) is 0 Å². The number of thioether (sulfide) groups is 1. The first kappa shape index (κ1) is 25.8. The lowest BCUT2D eigenvalue weighted by atomic mass is 9.80.